The van der Waals surface area contributed by atoms with Gasteiger partial charge in [-0.2, -0.15) is 0 Å². The molecule has 0 bridgehead atoms. The minimum atomic E-state index is -0.353. The first-order chi connectivity index (χ1) is 15.1. The van der Waals surface area contributed by atoms with Gasteiger partial charge in [0, 0.05) is 37.2 Å². The number of rotatable bonds is 6. The van der Waals surface area contributed by atoms with E-state index in [9.17, 15) is 14.0 Å². The zero-order chi connectivity index (χ0) is 21.6. The van der Waals surface area contributed by atoms with Gasteiger partial charge in [-0.05, 0) is 68.0 Å². The Labute approximate surface area is 183 Å². The smallest absolute Gasteiger partial charge is 0.253 e. The SMILES string of the molecule is O=C(CC1CCCC1)N[C@@H](c1ccccn1)[C@H]1CCCN(C(=O)c2ccc(F)cc2)C1. The van der Waals surface area contributed by atoms with Crippen molar-refractivity contribution >= 4 is 11.8 Å². The van der Waals surface area contributed by atoms with Crippen LogP contribution >= 0.6 is 0 Å². The highest BCUT2D eigenvalue weighted by molar-refractivity contribution is 5.94. The van der Waals surface area contributed by atoms with Gasteiger partial charge in [0.25, 0.3) is 5.91 Å². The summed E-state index contributed by atoms with van der Waals surface area (Å²) in [5.41, 5.74) is 1.32. The number of carbonyl (C=O) groups is 2. The number of hydrogen-bond acceptors (Lipinski definition) is 3. The van der Waals surface area contributed by atoms with Crippen molar-refractivity contribution in [2.45, 2.75) is 51.0 Å². The Morgan fingerprint density at radius 1 is 1.06 bits per heavy atom. The fourth-order valence-electron chi connectivity index (χ4n) is 4.94. The lowest BCUT2D eigenvalue weighted by Gasteiger charge is -2.37. The summed E-state index contributed by atoms with van der Waals surface area (Å²) in [5, 5.41) is 3.25. The van der Waals surface area contributed by atoms with E-state index in [0.717, 1.165) is 31.4 Å². The van der Waals surface area contributed by atoms with E-state index in [4.69, 9.17) is 0 Å². The molecule has 2 fully saturated rings. The Morgan fingerprint density at radius 2 is 1.84 bits per heavy atom. The van der Waals surface area contributed by atoms with Crippen LogP contribution < -0.4 is 5.32 Å². The molecular formula is C25H30FN3O2. The van der Waals surface area contributed by atoms with Gasteiger partial charge in [-0.1, -0.05) is 18.9 Å². The molecule has 31 heavy (non-hydrogen) atoms. The lowest BCUT2D eigenvalue weighted by Crippen LogP contribution is -2.45. The monoisotopic (exact) mass is 423 g/mol. The van der Waals surface area contributed by atoms with Gasteiger partial charge in [0.05, 0.1) is 11.7 Å². The molecule has 1 saturated carbocycles. The zero-order valence-corrected chi connectivity index (χ0v) is 17.8. The standard InChI is InChI=1S/C25H30FN3O2/c26-21-12-10-19(11-13-21)25(31)29-15-5-8-20(17-29)24(22-9-3-4-14-27-22)28-23(30)16-18-6-1-2-7-18/h3-4,9-14,18,20,24H,1-2,5-8,15-17H2,(H,28,30)/t20-,24+/m0/s1. The van der Waals surface area contributed by atoms with E-state index in [1.807, 2.05) is 23.1 Å². The number of amides is 2. The zero-order valence-electron chi connectivity index (χ0n) is 17.8. The predicted molar refractivity (Wildman–Crippen MR) is 117 cm³/mol. The summed E-state index contributed by atoms with van der Waals surface area (Å²) in [6.07, 6.45) is 8.77. The number of hydrogen-bond donors (Lipinski definition) is 1. The van der Waals surface area contributed by atoms with Gasteiger partial charge < -0.3 is 10.2 Å². The molecule has 4 rings (SSSR count). The van der Waals surface area contributed by atoms with Crippen LogP contribution in [0.2, 0.25) is 0 Å². The Balaban J connectivity index is 1.48. The second-order valence-electron chi connectivity index (χ2n) is 8.81. The maximum absolute atomic E-state index is 13.2. The van der Waals surface area contributed by atoms with Gasteiger partial charge in [-0.15, -0.1) is 0 Å². The molecule has 5 nitrogen and oxygen atoms in total. The van der Waals surface area contributed by atoms with E-state index in [1.54, 1.807) is 6.20 Å². The topological polar surface area (TPSA) is 62.3 Å². The Bertz CT molecular complexity index is 881. The summed E-state index contributed by atoms with van der Waals surface area (Å²) in [6, 6.07) is 11.2. The number of piperidine rings is 1. The maximum atomic E-state index is 13.2. The minimum absolute atomic E-state index is 0.0736. The first-order valence-corrected chi connectivity index (χ1v) is 11.4. The third kappa shape index (κ3) is 5.49. The molecule has 2 aromatic rings. The molecule has 1 N–H and O–H groups in total. The molecule has 2 aliphatic rings. The van der Waals surface area contributed by atoms with Crippen LogP contribution in [0.3, 0.4) is 0 Å². The fourth-order valence-corrected chi connectivity index (χ4v) is 4.94. The summed E-state index contributed by atoms with van der Waals surface area (Å²) in [7, 11) is 0. The largest absolute Gasteiger partial charge is 0.347 e. The number of nitrogens with zero attached hydrogens (tertiary/aromatic N) is 2. The molecule has 0 spiro atoms. The van der Waals surface area contributed by atoms with Crippen LogP contribution in [-0.2, 0) is 4.79 Å². The van der Waals surface area contributed by atoms with Crippen molar-refractivity contribution in [3.05, 3.63) is 65.7 Å². The van der Waals surface area contributed by atoms with Gasteiger partial charge in [-0.25, -0.2) is 4.39 Å². The molecule has 1 aliphatic carbocycles. The van der Waals surface area contributed by atoms with Gasteiger partial charge >= 0.3 is 0 Å². The molecule has 0 unspecified atom stereocenters. The minimum Gasteiger partial charge on any atom is -0.347 e. The van der Waals surface area contributed by atoms with E-state index in [-0.39, 0.29) is 29.6 Å². The molecule has 1 saturated heterocycles. The van der Waals surface area contributed by atoms with Crippen LogP contribution in [0.15, 0.2) is 48.7 Å². The molecular weight excluding hydrogens is 393 g/mol. The Kier molecular flexibility index (Phi) is 6.95. The number of benzene rings is 1. The normalized spacial score (nSPS) is 20.4. The molecule has 1 aromatic heterocycles. The maximum Gasteiger partial charge on any atom is 0.253 e. The molecule has 164 valence electrons. The van der Waals surface area contributed by atoms with Crippen molar-refractivity contribution in [3.63, 3.8) is 0 Å². The van der Waals surface area contributed by atoms with E-state index in [2.05, 4.69) is 10.3 Å². The third-order valence-electron chi connectivity index (χ3n) is 6.58. The summed E-state index contributed by atoms with van der Waals surface area (Å²) in [5.74, 6) is 0.187. The van der Waals surface area contributed by atoms with Gasteiger partial charge in [0.2, 0.25) is 5.91 Å². The van der Waals surface area contributed by atoms with Crippen molar-refractivity contribution in [3.8, 4) is 0 Å². The van der Waals surface area contributed by atoms with Crippen molar-refractivity contribution in [2.24, 2.45) is 11.8 Å². The number of likely N-dealkylation sites (tertiary alicyclic amines) is 1. The van der Waals surface area contributed by atoms with Gasteiger partial charge in [0.15, 0.2) is 0 Å². The molecule has 2 amide bonds. The van der Waals surface area contributed by atoms with Crippen molar-refractivity contribution < 1.29 is 14.0 Å². The summed E-state index contributed by atoms with van der Waals surface area (Å²) in [6.45, 7) is 1.21. The number of aromatic nitrogens is 1. The Morgan fingerprint density at radius 3 is 2.55 bits per heavy atom. The molecule has 2 heterocycles. The number of halogens is 1. The second-order valence-corrected chi connectivity index (χ2v) is 8.81. The first-order valence-electron chi connectivity index (χ1n) is 11.4. The predicted octanol–water partition coefficient (Wildman–Crippen LogP) is 4.51. The lowest BCUT2D eigenvalue weighted by atomic mass is 9.87. The van der Waals surface area contributed by atoms with Gasteiger partial charge in [-0.3, -0.25) is 14.6 Å². The average Bonchev–Trinajstić information content (AvgIpc) is 3.31. The third-order valence-corrected chi connectivity index (χ3v) is 6.58. The molecule has 1 aliphatic heterocycles. The number of carbonyl (C=O) groups excluding carboxylic acids is 2. The average molecular weight is 424 g/mol. The summed E-state index contributed by atoms with van der Waals surface area (Å²) < 4.78 is 13.2. The van der Waals surface area contributed by atoms with Crippen LogP contribution in [0, 0.1) is 17.7 Å². The van der Waals surface area contributed by atoms with Crippen LogP contribution in [0.25, 0.3) is 0 Å². The van der Waals surface area contributed by atoms with E-state index < -0.39 is 0 Å². The van der Waals surface area contributed by atoms with Gasteiger partial charge in [0.1, 0.15) is 5.82 Å². The summed E-state index contributed by atoms with van der Waals surface area (Å²) >= 11 is 0. The first kappa shape index (κ1) is 21.5. The van der Waals surface area contributed by atoms with Crippen LogP contribution in [0.1, 0.15) is 67.0 Å². The second kappa shape index (κ2) is 10.0. The molecule has 6 heteroatoms. The molecule has 1 aromatic carbocycles. The highest BCUT2D eigenvalue weighted by Crippen LogP contribution is 2.31. The van der Waals surface area contributed by atoms with E-state index in [1.165, 1.54) is 37.1 Å². The lowest BCUT2D eigenvalue weighted by molar-refractivity contribution is -0.123. The molecule has 0 radical (unpaired) electrons. The van der Waals surface area contributed by atoms with Crippen molar-refractivity contribution in [1.82, 2.24) is 15.2 Å². The Hall–Kier alpha value is -2.76. The van der Waals surface area contributed by atoms with E-state index in [0.29, 0.717) is 31.0 Å². The van der Waals surface area contributed by atoms with Crippen LogP contribution in [0.5, 0.6) is 0 Å². The van der Waals surface area contributed by atoms with Crippen LogP contribution in [-0.4, -0.2) is 34.8 Å². The van der Waals surface area contributed by atoms with Crippen molar-refractivity contribution in [2.75, 3.05) is 13.1 Å². The molecule has 2 atom stereocenters. The van der Waals surface area contributed by atoms with E-state index >= 15 is 0 Å². The summed E-state index contributed by atoms with van der Waals surface area (Å²) in [4.78, 5) is 32.1. The van der Waals surface area contributed by atoms with Crippen LogP contribution in [0.4, 0.5) is 4.39 Å². The fraction of sp³-hybridized carbons (Fsp3) is 0.480. The quantitative estimate of drug-likeness (QED) is 0.744. The van der Waals surface area contributed by atoms with Crippen molar-refractivity contribution in [1.29, 1.82) is 0 Å². The number of pyridine rings is 1. The number of nitrogens with one attached hydrogen (secondary N) is 1. The highest BCUT2D eigenvalue weighted by atomic mass is 19.1. The highest BCUT2D eigenvalue weighted by Gasteiger charge is 2.33.